The third kappa shape index (κ3) is 3.64. The molecular formula is C20H20FN4O2. The van der Waals surface area contributed by atoms with Gasteiger partial charge in [0.05, 0.1) is 11.3 Å². The van der Waals surface area contributed by atoms with Gasteiger partial charge < -0.3 is 15.7 Å². The number of hydrogen-bond donors (Lipinski definition) is 3. The van der Waals surface area contributed by atoms with E-state index < -0.39 is 17.6 Å². The molecule has 4 rings (SSSR count). The lowest BCUT2D eigenvalue weighted by atomic mass is 10.1. The van der Waals surface area contributed by atoms with E-state index >= 15 is 0 Å². The summed E-state index contributed by atoms with van der Waals surface area (Å²) in [5, 5.41) is 0.967. The number of carbonyl (C=O) groups excluding carboxylic acids is 1. The van der Waals surface area contributed by atoms with Crippen molar-refractivity contribution >= 4 is 16.8 Å². The number of nitrogens with zero attached hydrogens (tertiary/aromatic N) is 1. The van der Waals surface area contributed by atoms with Crippen molar-refractivity contribution in [3.63, 3.8) is 0 Å². The number of piperidine rings is 1. The van der Waals surface area contributed by atoms with Crippen LogP contribution in [0.3, 0.4) is 0 Å². The molecule has 0 spiro atoms. The second kappa shape index (κ2) is 7.00. The van der Waals surface area contributed by atoms with Crippen molar-refractivity contribution in [1.82, 2.24) is 14.9 Å². The number of nitrogens with two attached hydrogens (primary N) is 1. The summed E-state index contributed by atoms with van der Waals surface area (Å²) in [7, 11) is 0. The molecule has 1 aromatic carbocycles. The number of hydrogen-bond acceptors (Lipinski definition) is 3. The van der Waals surface area contributed by atoms with Crippen LogP contribution in [0.4, 0.5) is 4.39 Å². The van der Waals surface area contributed by atoms with Crippen LogP contribution in [0.5, 0.6) is 0 Å². The Hall–Kier alpha value is -2.93. The second-order valence-corrected chi connectivity index (χ2v) is 6.97. The largest absolute Gasteiger partial charge is 0.364 e. The van der Waals surface area contributed by atoms with Crippen molar-refractivity contribution in [2.75, 3.05) is 13.1 Å². The summed E-state index contributed by atoms with van der Waals surface area (Å²) in [5.74, 6) is -0.729. The molecule has 2 aromatic heterocycles. The molecule has 1 radical (unpaired) electrons. The Balaban J connectivity index is 1.61. The number of fused-ring (bicyclic) bond motifs is 1. The minimum atomic E-state index is -0.743. The molecule has 139 valence electrons. The number of primary amides is 1. The molecule has 1 aliphatic rings. The summed E-state index contributed by atoms with van der Waals surface area (Å²) in [6, 6.07) is 12.1. The van der Waals surface area contributed by atoms with E-state index in [1.807, 2.05) is 24.3 Å². The van der Waals surface area contributed by atoms with Gasteiger partial charge in [0, 0.05) is 30.1 Å². The fraction of sp³-hybridized carbons (Fsp3) is 0.300. The van der Waals surface area contributed by atoms with Gasteiger partial charge in [-0.15, -0.1) is 0 Å². The molecule has 1 fully saturated rings. The summed E-state index contributed by atoms with van der Waals surface area (Å²) in [6.45, 7) is 2.10. The molecule has 3 aromatic rings. The van der Waals surface area contributed by atoms with E-state index in [2.05, 4.69) is 20.9 Å². The number of H-pyrrole nitrogens is 2. The highest BCUT2D eigenvalue weighted by Gasteiger charge is 2.19. The van der Waals surface area contributed by atoms with Crippen LogP contribution in [0.2, 0.25) is 0 Å². The lowest BCUT2D eigenvalue weighted by Crippen LogP contribution is -2.35. The smallest absolute Gasteiger partial charge is 0.265 e. The van der Waals surface area contributed by atoms with Crippen LogP contribution in [0, 0.1) is 6.07 Å². The zero-order chi connectivity index (χ0) is 19.0. The normalized spacial score (nSPS) is 18.0. The van der Waals surface area contributed by atoms with Crippen molar-refractivity contribution in [2.24, 2.45) is 5.73 Å². The Bertz CT molecular complexity index is 1060. The molecule has 6 nitrogen and oxygen atoms in total. The van der Waals surface area contributed by atoms with Crippen molar-refractivity contribution in [3.05, 3.63) is 58.0 Å². The van der Waals surface area contributed by atoms with Gasteiger partial charge in [-0.3, -0.25) is 14.5 Å². The number of aromatic nitrogens is 2. The molecule has 1 amide bonds. The topological polar surface area (TPSA) is 95.0 Å². The zero-order valence-corrected chi connectivity index (χ0v) is 14.7. The number of likely N-dealkylation sites (tertiary alicyclic amines) is 1. The predicted molar refractivity (Wildman–Crippen MR) is 101 cm³/mol. The van der Waals surface area contributed by atoms with Gasteiger partial charge in [0.25, 0.3) is 11.5 Å². The van der Waals surface area contributed by atoms with Gasteiger partial charge in [0.2, 0.25) is 0 Å². The maximum absolute atomic E-state index is 13.6. The fourth-order valence-corrected chi connectivity index (χ4v) is 3.59. The monoisotopic (exact) mass is 367 g/mol. The van der Waals surface area contributed by atoms with Crippen molar-refractivity contribution < 1.29 is 9.18 Å². The Morgan fingerprint density at radius 2 is 2.19 bits per heavy atom. The Morgan fingerprint density at radius 3 is 2.93 bits per heavy atom. The number of alkyl halides is 1. The third-order valence-corrected chi connectivity index (χ3v) is 4.92. The first-order valence-electron chi connectivity index (χ1n) is 8.93. The van der Waals surface area contributed by atoms with E-state index in [0.717, 1.165) is 29.4 Å². The van der Waals surface area contributed by atoms with Crippen molar-refractivity contribution in [3.8, 4) is 11.3 Å². The molecular weight excluding hydrogens is 347 g/mol. The lowest BCUT2D eigenvalue weighted by molar-refractivity contribution is 0.0995. The van der Waals surface area contributed by atoms with E-state index in [1.54, 1.807) is 0 Å². The Kier molecular flexibility index (Phi) is 4.53. The predicted octanol–water partition coefficient (Wildman–Crippen LogP) is 2.36. The summed E-state index contributed by atoms with van der Waals surface area (Å²) in [4.78, 5) is 31.2. The average Bonchev–Trinajstić information content (AvgIpc) is 3.04. The molecule has 0 aliphatic carbocycles. The minimum absolute atomic E-state index is 0.0464. The van der Waals surface area contributed by atoms with Gasteiger partial charge >= 0.3 is 0 Å². The van der Waals surface area contributed by atoms with Gasteiger partial charge in [-0.2, -0.15) is 0 Å². The van der Waals surface area contributed by atoms with Crippen LogP contribution >= 0.6 is 0 Å². The van der Waals surface area contributed by atoms with E-state index in [1.165, 1.54) is 6.07 Å². The van der Waals surface area contributed by atoms with E-state index in [-0.39, 0.29) is 5.69 Å². The van der Waals surface area contributed by atoms with E-state index in [9.17, 15) is 14.0 Å². The fourth-order valence-electron chi connectivity index (χ4n) is 3.59. The highest BCUT2D eigenvalue weighted by molar-refractivity contribution is 5.91. The standard InChI is InChI=1S/C20H20FN4O2/c21-14-2-1-7-25(11-14)10-12-3-5-16-13(8-12)9-18(23-16)15-4-6-17(19(22)26)24-20(15)27/h3-5,8-9,14,23H,1-2,7,10-11H2,(H2,22,26)(H,24,27). The maximum Gasteiger partial charge on any atom is 0.265 e. The van der Waals surface area contributed by atoms with Crippen LogP contribution < -0.4 is 11.3 Å². The molecule has 1 atom stereocenters. The average molecular weight is 367 g/mol. The number of halogens is 1. The Labute approximate surface area is 155 Å². The van der Waals surface area contributed by atoms with Crippen LogP contribution in [-0.4, -0.2) is 40.0 Å². The SMILES string of the molecule is NC(=O)c1[c]cc(-c2cc3cc(CN4CCCC(F)C4)ccc3[nH]2)c(=O)[nH]1. The Morgan fingerprint density at radius 1 is 1.33 bits per heavy atom. The van der Waals surface area contributed by atoms with Crippen molar-refractivity contribution in [2.45, 2.75) is 25.6 Å². The van der Waals surface area contributed by atoms with Crippen molar-refractivity contribution in [1.29, 1.82) is 0 Å². The van der Waals surface area contributed by atoms with Crippen LogP contribution in [-0.2, 0) is 6.54 Å². The summed E-state index contributed by atoms with van der Waals surface area (Å²) in [6.07, 6.45) is 0.794. The molecule has 1 unspecified atom stereocenters. The molecule has 27 heavy (non-hydrogen) atoms. The summed E-state index contributed by atoms with van der Waals surface area (Å²) >= 11 is 0. The summed E-state index contributed by atoms with van der Waals surface area (Å²) in [5.41, 5.74) is 7.73. The zero-order valence-electron chi connectivity index (χ0n) is 14.7. The number of aromatic amines is 2. The maximum atomic E-state index is 13.6. The molecule has 1 saturated heterocycles. The van der Waals surface area contributed by atoms with Gasteiger partial charge in [-0.05, 0) is 49.2 Å². The van der Waals surface area contributed by atoms with Gasteiger partial charge in [-0.1, -0.05) is 6.07 Å². The molecule has 0 bridgehead atoms. The summed E-state index contributed by atoms with van der Waals surface area (Å²) < 4.78 is 13.6. The highest BCUT2D eigenvalue weighted by Crippen LogP contribution is 2.24. The molecule has 4 N–H and O–H groups in total. The quantitative estimate of drug-likeness (QED) is 0.661. The highest BCUT2D eigenvalue weighted by atomic mass is 19.1. The first-order valence-corrected chi connectivity index (χ1v) is 8.93. The molecule has 3 heterocycles. The first kappa shape index (κ1) is 17.5. The van der Waals surface area contributed by atoms with Gasteiger partial charge in [0.1, 0.15) is 11.9 Å². The number of pyridine rings is 1. The molecule has 1 aliphatic heterocycles. The number of benzene rings is 1. The molecule has 7 heteroatoms. The van der Waals surface area contributed by atoms with E-state index in [4.69, 9.17) is 5.73 Å². The second-order valence-electron chi connectivity index (χ2n) is 6.97. The number of rotatable bonds is 4. The van der Waals surface area contributed by atoms with Gasteiger partial charge in [-0.25, -0.2) is 4.39 Å². The number of carbonyl (C=O) groups is 1. The minimum Gasteiger partial charge on any atom is -0.364 e. The van der Waals surface area contributed by atoms with Gasteiger partial charge in [0.15, 0.2) is 0 Å². The van der Waals surface area contributed by atoms with Crippen LogP contribution in [0.1, 0.15) is 28.9 Å². The first-order chi connectivity index (χ1) is 13.0. The number of amides is 1. The third-order valence-electron chi connectivity index (χ3n) is 4.92. The van der Waals surface area contributed by atoms with Crippen LogP contribution in [0.15, 0.2) is 35.1 Å². The number of nitrogens with one attached hydrogen (secondary N) is 2. The van der Waals surface area contributed by atoms with Crippen LogP contribution in [0.25, 0.3) is 22.2 Å². The lowest BCUT2D eigenvalue weighted by Gasteiger charge is -2.28. The molecule has 0 saturated carbocycles. The van der Waals surface area contributed by atoms with E-state index in [0.29, 0.717) is 30.8 Å².